The Morgan fingerprint density at radius 3 is 2.83 bits per heavy atom. The molecule has 1 aromatic rings. The molecule has 3 fully saturated rings. The van der Waals surface area contributed by atoms with Crippen LogP contribution >= 0.6 is 0 Å². The molecule has 2 heterocycles. The van der Waals surface area contributed by atoms with Gasteiger partial charge in [-0.05, 0) is 43.0 Å². The molecule has 1 amide bonds. The van der Waals surface area contributed by atoms with Crippen LogP contribution in [0.4, 0.5) is 10.1 Å². The van der Waals surface area contributed by atoms with Crippen molar-refractivity contribution in [3.8, 4) is 0 Å². The van der Waals surface area contributed by atoms with Crippen LogP contribution in [-0.4, -0.2) is 42.3 Å². The molecule has 2 aliphatic heterocycles. The third-order valence-electron chi connectivity index (χ3n) is 5.30. The van der Waals surface area contributed by atoms with E-state index in [1.165, 1.54) is 11.0 Å². The number of hydrogen-bond acceptors (Lipinski definition) is 3. The van der Waals surface area contributed by atoms with Crippen molar-refractivity contribution in [2.75, 3.05) is 24.5 Å². The average Bonchev–Trinajstić information content (AvgIpc) is 3.34. The molecule has 5 nitrogen and oxygen atoms in total. The molecule has 1 saturated carbocycles. The van der Waals surface area contributed by atoms with Gasteiger partial charge in [0.25, 0.3) is 5.91 Å². The number of amides is 1. The van der Waals surface area contributed by atoms with E-state index in [9.17, 15) is 14.7 Å². The summed E-state index contributed by atoms with van der Waals surface area (Å²) < 4.78 is 15.0. The highest BCUT2D eigenvalue weighted by atomic mass is 19.1. The van der Waals surface area contributed by atoms with E-state index >= 15 is 4.39 Å². The van der Waals surface area contributed by atoms with Gasteiger partial charge in [0.2, 0.25) is 0 Å². The van der Waals surface area contributed by atoms with Gasteiger partial charge in [-0.2, -0.15) is 0 Å². The minimum atomic E-state index is -1.82. The Balaban J connectivity index is 1.69. The predicted molar refractivity (Wildman–Crippen MR) is 82.5 cm³/mol. The molecule has 0 aromatic heterocycles. The van der Waals surface area contributed by atoms with Crippen LogP contribution < -0.4 is 10.2 Å². The largest absolute Gasteiger partial charge is 0.478 e. The van der Waals surface area contributed by atoms with Crippen molar-refractivity contribution in [2.45, 2.75) is 30.8 Å². The summed E-state index contributed by atoms with van der Waals surface area (Å²) in [6, 6.07) is 5.07. The van der Waals surface area contributed by atoms with Gasteiger partial charge in [-0.1, -0.05) is 6.07 Å². The van der Waals surface area contributed by atoms with Gasteiger partial charge in [0.05, 0.1) is 5.56 Å². The summed E-state index contributed by atoms with van der Waals surface area (Å²) in [6.45, 7) is 1.27. The molecular formula is C17H19FN2O3. The number of carboxylic acid groups (broad SMARTS) is 1. The first-order chi connectivity index (χ1) is 11.0. The number of alkyl halides is 1. The van der Waals surface area contributed by atoms with E-state index in [0.29, 0.717) is 31.2 Å². The number of carbonyl (C=O) groups is 2. The molecule has 122 valence electrons. The van der Waals surface area contributed by atoms with Crippen molar-refractivity contribution >= 4 is 17.6 Å². The van der Waals surface area contributed by atoms with Gasteiger partial charge in [-0.3, -0.25) is 4.79 Å². The Bertz CT molecular complexity index is 688. The first kappa shape index (κ1) is 14.6. The van der Waals surface area contributed by atoms with Crippen molar-refractivity contribution in [1.29, 1.82) is 0 Å². The third-order valence-corrected chi connectivity index (χ3v) is 5.30. The maximum absolute atomic E-state index is 15.0. The second kappa shape index (κ2) is 5.03. The second-order valence-corrected chi connectivity index (χ2v) is 6.78. The smallest absolute Gasteiger partial charge is 0.336 e. The van der Waals surface area contributed by atoms with Gasteiger partial charge in [-0.15, -0.1) is 0 Å². The number of carboxylic acids is 1. The fourth-order valence-corrected chi connectivity index (χ4v) is 3.80. The van der Waals surface area contributed by atoms with E-state index in [1.807, 2.05) is 0 Å². The number of benzene rings is 1. The van der Waals surface area contributed by atoms with Gasteiger partial charge in [0.15, 0.2) is 5.67 Å². The number of nitrogens with one attached hydrogen (secondary N) is 1. The molecule has 4 rings (SSSR count). The molecule has 2 N–H and O–H groups in total. The first-order valence-electron chi connectivity index (χ1n) is 8.09. The minimum absolute atomic E-state index is 0.180. The van der Waals surface area contributed by atoms with Crippen LogP contribution in [0, 0.1) is 5.92 Å². The molecular weight excluding hydrogens is 299 g/mol. The van der Waals surface area contributed by atoms with Crippen LogP contribution in [0.5, 0.6) is 0 Å². The zero-order valence-electron chi connectivity index (χ0n) is 12.7. The fraction of sp³-hybridized carbons (Fsp3) is 0.529. The van der Waals surface area contributed by atoms with E-state index in [0.717, 1.165) is 18.4 Å². The summed E-state index contributed by atoms with van der Waals surface area (Å²) in [7, 11) is 0. The highest BCUT2D eigenvalue weighted by Gasteiger charge is 2.56. The van der Waals surface area contributed by atoms with Crippen LogP contribution in [0.2, 0.25) is 0 Å². The average molecular weight is 318 g/mol. The number of piperidine rings is 1. The summed E-state index contributed by atoms with van der Waals surface area (Å²) in [5.41, 5.74) is -0.270. The Morgan fingerprint density at radius 2 is 2.17 bits per heavy atom. The Kier molecular flexibility index (Phi) is 3.20. The highest BCUT2D eigenvalue weighted by molar-refractivity contribution is 6.03. The number of aromatic carboxylic acids is 1. The van der Waals surface area contributed by atoms with Gasteiger partial charge >= 0.3 is 5.97 Å². The van der Waals surface area contributed by atoms with E-state index in [4.69, 9.17) is 0 Å². The molecule has 2 saturated heterocycles. The van der Waals surface area contributed by atoms with E-state index < -0.39 is 17.5 Å². The lowest BCUT2D eigenvalue weighted by Gasteiger charge is -2.29. The lowest BCUT2D eigenvalue weighted by atomic mass is 9.86. The molecule has 1 aliphatic carbocycles. The van der Waals surface area contributed by atoms with Crippen molar-refractivity contribution < 1.29 is 19.1 Å². The summed E-state index contributed by atoms with van der Waals surface area (Å²) in [6.07, 6.45) is 2.19. The molecule has 0 bridgehead atoms. The number of anilines is 1. The number of halogens is 1. The van der Waals surface area contributed by atoms with Crippen molar-refractivity contribution in [1.82, 2.24) is 5.32 Å². The minimum Gasteiger partial charge on any atom is -0.478 e. The number of fused-ring (bicyclic) bond motifs is 1. The summed E-state index contributed by atoms with van der Waals surface area (Å²) in [5, 5.41) is 12.6. The molecule has 0 spiro atoms. The highest BCUT2D eigenvalue weighted by Crippen LogP contribution is 2.44. The quantitative estimate of drug-likeness (QED) is 0.893. The number of hydrogen-bond donors (Lipinski definition) is 2. The monoisotopic (exact) mass is 318 g/mol. The SMILES string of the molecule is O=C(O)c1cc(N2CC3CNCCC3(F)C2=O)ccc1C1CC1. The molecule has 6 heteroatoms. The summed E-state index contributed by atoms with van der Waals surface area (Å²) >= 11 is 0. The van der Waals surface area contributed by atoms with Crippen LogP contribution in [0.1, 0.15) is 41.1 Å². The third kappa shape index (κ3) is 2.24. The van der Waals surface area contributed by atoms with E-state index in [-0.39, 0.29) is 17.9 Å². The lowest BCUT2D eigenvalue weighted by Crippen LogP contribution is -2.49. The second-order valence-electron chi connectivity index (χ2n) is 6.78. The summed E-state index contributed by atoms with van der Waals surface area (Å²) in [4.78, 5) is 25.5. The Hall–Kier alpha value is -1.95. The lowest BCUT2D eigenvalue weighted by molar-refractivity contribution is -0.130. The molecule has 0 radical (unpaired) electrons. The Morgan fingerprint density at radius 1 is 1.39 bits per heavy atom. The normalized spacial score (nSPS) is 30.4. The zero-order valence-corrected chi connectivity index (χ0v) is 12.7. The van der Waals surface area contributed by atoms with Crippen molar-refractivity contribution in [3.05, 3.63) is 29.3 Å². The fourth-order valence-electron chi connectivity index (χ4n) is 3.80. The van der Waals surface area contributed by atoms with Crippen LogP contribution in [0.25, 0.3) is 0 Å². The van der Waals surface area contributed by atoms with E-state index in [2.05, 4.69) is 5.32 Å². The van der Waals surface area contributed by atoms with E-state index in [1.54, 1.807) is 12.1 Å². The van der Waals surface area contributed by atoms with Gasteiger partial charge in [0, 0.05) is 31.1 Å². The number of carbonyl (C=O) groups excluding carboxylic acids is 1. The maximum Gasteiger partial charge on any atom is 0.336 e. The van der Waals surface area contributed by atoms with Gasteiger partial charge < -0.3 is 15.3 Å². The summed E-state index contributed by atoms with van der Waals surface area (Å²) in [5.74, 6) is -1.59. The first-order valence-corrected chi connectivity index (χ1v) is 8.09. The van der Waals surface area contributed by atoms with Gasteiger partial charge in [-0.25, -0.2) is 9.18 Å². The molecule has 2 unspecified atom stereocenters. The Labute approximate surface area is 133 Å². The zero-order chi connectivity index (χ0) is 16.2. The number of nitrogens with zero attached hydrogens (tertiary/aromatic N) is 1. The van der Waals surface area contributed by atoms with Crippen LogP contribution in [0.3, 0.4) is 0 Å². The molecule has 2 atom stereocenters. The molecule has 3 aliphatic rings. The van der Waals surface area contributed by atoms with Crippen molar-refractivity contribution in [2.24, 2.45) is 5.92 Å². The standard InChI is InChI=1S/C17H19FN2O3/c18-17-5-6-19-8-11(17)9-20(16(17)23)12-3-4-13(10-1-2-10)14(7-12)15(21)22/h3-4,7,10-11,19H,1-2,5-6,8-9H2,(H,21,22). The molecule has 23 heavy (non-hydrogen) atoms. The van der Waals surface area contributed by atoms with Gasteiger partial charge in [0.1, 0.15) is 0 Å². The van der Waals surface area contributed by atoms with Crippen LogP contribution in [0.15, 0.2) is 18.2 Å². The topological polar surface area (TPSA) is 69.6 Å². The molecule has 1 aromatic carbocycles. The van der Waals surface area contributed by atoms with Crippen molar-refractivity contribution in [3.63, 3.8) is 0 Å². The maximum atomic E-state index is 15.0. The number of rotatable bonds is 3. The van der Waals surface area contributed by atoms with Crippen LogP contribution in [-0.2, 0) is 4.79 Å². The predicted octanol–water partition coefficient (Wildman–Crippen LogP) is 1.93.